The zero-order valence-corrected chi connectivity index (χ0v) is 22.5. The number of fused-ring (bicyclic) bond motifs is 1. The molecule has 2 aromatic heterocycles. The summed E-state index contributed by atoms with van der Waals surface area (Å²) in [5.74, 6) is 2.41. The number of H-pyrrole nitrogens is 1. The highest BCUT2D eigenvalue weighted by atomic mass is 35.5. The van der Waals surface area contributed by atoms with Gasteiger partial charge in [-0.25, -0.2) is 9.97 Å². The van der Waals surface area contributed by atoms with Crippen LogP contribution in [0.25, 0.3) is 22.2 Å². The lowest BCUT2D eigenvalue weighted by Gasteiger charge is -2.36. The first-order chi connectivity index (χ1) is 18.2. The van der Waals surface area contributed by atoms with Crippen LogP contribution in [0.15, 0.2) is 36.7 Å². The highest BCUT2D eigenvalue weighted by Crippen LogP contribution is 2.32. The van der Waals surface area contributed by atoms with Crippen LogP contribution in [0.2, 0.25) is 5.02 Å². The second-order valence-electron chi connectivity index (χ2n) is 11.3. The average Bonchev–Trinajstić information content (AvgIpc) is 3.57. The Kier molecular flexibility index (Phi) is 7.93. The van der Waals surface area contributed by atoms with Crippen molar-refractivity contribution in [2.75, 3.05) is 57.7 Å². The van der Waals surface area contributed by atoms with Gasteiger partial charge in [-0.15, -0.1) is 0 Å². The molecule has 3 fully saturated rings. The van der Waals surface area contributed by atoms with Crippen LogP contribution in [0, 0.1) is 11.8 Å². The first kappa shape index (κ1) is 25.1. The number of aromatic amines is 1. The van der Waals surface area contributed by atoms with Crippen molar-refractivity contribution in [3.05, 3.63) is 41.7 Å². The molecule has 0 bridgehead atoms. The predicted molar refractivity (Wildman–Crippen MR) is 152 cm³/mol. The molecule has 0 spiro atoms. The predicted octanol–water partition coefficient (Wildman–Crippen LogP) is 4.87. The summed E-state index contributed by atoms with van der Waals surface area (Å²) in [6.07, 6.45) is 11.6. The molecule has 3 N–H and O–H groups in total. The van der Waals surface area contributed by atoms with Crippen LogP contribution >= 0.6 is 11.6 Å². The van der Waals surface area contributed by atoms with Crippen LogP contribution in [0.4, 0.5) is 5.95 Å². The SMILES string of the molecule is Clc1cnc(N[C@@H]2CCN(CCC3CCN(CC4CCCNC4)CC3)C2)nc1-c1c[nH]c2ccccc12. The molecule has 8 heteroatoms. The molecule has 7 nitrogen and oxygen atoms in total. The van der Waals surface area contributed by atoms with Crippen molar-refractivity contribution in [1.29, 1.82) is 0 Å². The van der Waals surface area contributed by atoms with Crippen LogP contribution in [-0.4, -0.2) is 83.2 Å². The van der Waals surface area contributed by atoms with E-state index < -0.39 is 0 Å². The largest absolute Gasteiger partial charge is 0.360 e. The van der Waals surface area contributed by atoms with Gasteiger partial charge in [0.2, 0.25) is 5.95 Å². The third-order valence-electron chi connectivity index (χ3n) is 8.67. The second kappa shape index (κ2) is 11.7. The highest BCUT2D eigenvalue weighted by Gasteiger charge is 2.26. The van der Waals surface area contributed by atoms with E-state index in [1.165, 1.54) is 71.4 Å². The van der Waals surface area contributed by atoms with E-state index in [1.807, 2.05) is 18.3 Å². The summed E-state index contributed by atoms with van der Waals surface area (Å²) >= 11 is 6.52. The fourth-order valence-corrected chi connectivity index (χ4v) is 6.69. The molecular weight excluding hydrogens is 482 g/mol. The van der Waals surface area contributed by atoms with Crippen LogP contribution in [0.3, 0.4) is 0 Å². The number of para-hydroxylation sites is 1. The molecule has 1 unspecified atom stereocenters. The van der Waals surface area contributed by atoms with Gasteiger partial charge in [0.15, 0.2) is 0 Å². The first-order valence-electron chi connectivity index (χ1n) is 14.2. The maximum absolute atomic E-state index is 6.52. The topological polar surface area (TPSA) is 72.1 Å². The maximum atomic E-state index is 6.52. The van der Waals surface area contributed by atoms with Gasteiger partial charge < -0.3 is 25.4 Å². The van der Waals surface area contributed by atoms with E-state index in [4.69, 9.17) is 16.6 Å². The number of likely N-dealkylation sites (tertiary alicyclic amines) is 2. The van der Waals surface area contributed by atoms with Gasteiger partial charge in [0.1, 0.15) is 0 Å². The molecule has 0 aliphatic carbocycles. The van der Waals surface area contributed by atoms with Crippen LogP contribution < -0.4 is 10.6 Å². The number of aromatic nitrogens is 3. The highest BCUT2D eigenvalue weighted by molar-refractivity contribution is 6.33. The van der Waals surface area contributed by atoms with Crippen LogP contribution in [0.1, 0.15) is 38.5 Å². The fraction of sp³-hybridized carbons (Fsp3) is 0.586. The summed E-state index contributed by atoms with van der Waals surface area (Å²) in [5.41, 5.74) is 2.87. The summed E-state index contributed by atoms with van der Waals surface area (Å²) in [5, 5.41) is 8.85. The Morgan fingerprint density at radius 3 is 2.76 bits per heavy atom. The molecule has 3 aliphatic heterocycles. The van der Waals surface area contributed by atoms with E-state index >= 15 is 0 Å². The number of hydrogen-bond acceptors (Lipinski definition) is 6. The number of rotatable bonds is 8. The molecule has 198 valence electrons. The maximum Gasteiger partial charge on any atom is 0.223 e. The molecule has 0 saturated carbocycles. The molecule has 0 radical (unpaired) electrons. The Morgan fingerprint density at radius 2 is 1.89 bits per heavy atom. The zero-order valence-electron chi connectivity index (χ0n) is 21.8. The summed E-state index contributed by atoms with van der Waals surface area (Å²) in [4.78, 5) is 18.0. The summed E-state index contributed by atoms with van der Waals surface area (Å²) in [7, 11) is 0. The van der Waals surface area contributed by atoms with Gasteiger partial charge in [0.05, 0.1) is 16.9 Å². The molecule has 37 heavy (non-hydrogen) atoms. The lowest BCUT2D eigenvalue weighted by Crippen LogP contribution is -2.42. The Balaban J connectivity index is 0.970. The lowest BCUT2D eigenvalue weighted by molar-refractivity contribution is 0.140. The van der Waals surface area contributed by atoms with E-state index in [0.717, 1.165) is 53.5 Å². The normalized spacial score (nSPS) is 24.1. The number of benzene rings is 1. The van der Waals surface area contributed by atoms with E-state index in [2.05, 4.69) is 42.5 Å². The Labute approximate surface area is 225 Å². The monoisotopic (exact) mass is 521 g/mol. The minimum atomic E-state index is 0.378. The number of piperidine rings is 2. The molecular formula is C29H40ClN7. The van der Waals surface area contributed by atoms with Crippen molar-refractivity contribution in [1.82, 2.24) is 30.1 Å². The van der Waals surface area contributed by atoms with Gasteiger partial charge in [-0.05, 0) is 89.2 Å². The fourth-order valence-electron chi connectivity index (χ4n) is 6.50. The van der Waals surface area contributed by atoms with E-state index in [1.54, 1.807) is 6.20 Å². The number of hydrogen-bond donors (Lipinski definition) is 3. The average molecular weight is 522 g/mol. The number of nitrogens with zero attached hydrogens (tertiary/aromatic N) is 4. The van der Waals surface area contributed by atoms with Crippen molar-refractivity contribution in [3.63, 3.8) is 0 Å². The Morgan fingerprint density at radius 1 is 1.03 bits per heavy atom. The van der Waals surface area contributed by atoms with Gasteiger partial charge in [0, 0.05) is 48.3 Å². The van der Waals surface area contributed by atoms with Gasteiger partial charge in [-0.2, -0.15) is 0 Å². The molecule has 3 aromatic rings. The molecule has 5 heterocycles. The summed E-state index contributed by atoms with van der Waals surface area (Å²) in [6.45, 7) is 9.72. The van der Waals surface area contributed by atoms with Gasteiger partial charge in [-0.1, -0.05) is 29.8 Å². The van der Waals surface area contributed by atoms with E-state index in [0.29, 0.717) is 17.0 Å². The number of halogens is 1. The van der Waals surface area contributed by atoms with Gasteiger partial charge in [-0.3, -0.25) is 0 Å². The van der Waals surface area contributed by atoms with Crippen molar-refractivity contribution in [2.45, 2.75) is 44.6 Å². The molecule has 2 atom stereocenters. The Bertz CT molecular complexity index is 1170. The second-order valence-corrected chi connectivity index (χ2v) is 11.7. The smallest absolute Gasteiger partial charge is 0.223 e. The first-order valence-corrected chi connectivity index (χ1v) is 14.6. The van der Waals surface area contributed by atoms with Crippen molar-refractivity contribution in [3.8, 4) is 11.3 Å². The third-order valence-corrected chi connectivity index (χ3v) is 8.95. The quantitative estimate of drug-likeness (QED) is 0.393. The minimum absolute atomic E-state index is 0.378. The van der Waals surface area contributed by atoms with Crippen LogP contribution in [0.5, 0.6) is 0 Å². The van der Waals surface area contributed by atoms with E-state index in [9.17, 15) is 0 Å². The molecule has 3 aliphatic rings. The van der Waals surface area contributed by atoms with Crippen molar-refractivity contribution < 1.29 is 0 Å². The standard InChI is InChI=1S/C29H40ClN7/c30-26-18-33-29(35-28(26)25-17-32-27-6-2-1-5-24(25)27)34-23-10-15-37(20-23)14-9-21-7-12-36(13-8-21)19-22-4-3-11-31-16-22/h1-2,5-6,17-18,21-23,31-32H,3-4,7-16,19-20H2,(H,33,34,35)/t22?,23-/m1/s1. The van der Waals surface area contributed by atoms with Gasteiger partial charge >= 0.3 is 0 Å². The molecule has 0 amide bonds. The third kappa shape index (κ3) is 6.11. The number of anilines is 1. The van der Waals surface area contributed by atoms with E-state index in [-0.39, 0.29) is 0 Å². The molecule has 1 aromatic carbocycles. The number of nitrogens with one attached hydrogen (secondary N) is 3. The minimum Gasteiger partial charge on any atom is -0.360 e. The van der Waals surface area contributed by atoms with Gasteiger partial charge in [0.25, 0.3) is 0 Å². The molecule has 6 rings (SSSR count). The summed E-state index contributed by atoms with van der Waals surface area (Å²) in [6, 6.07) is 8.61. The van der Waals surface area contributed by atoms with Crippen molar-refractivity contribution >= 4 is 28.5 Å². The van der Waals surface area contributed by atoms with Crippen LogP contribution in [-0.2, 0) is 0 Å². The Hall–Kier alpha value is -2.19. The zero-order chi connectivity index (χ0) is 25.0. The summed E-state index contributed by atoms with van der Waals surface area (Å²) < 4.78 is 0. The van der Waals surface area contributed by atoms with Crippen molar-refractivity contribution in [2.24, 2.45) is 11.8 Å². The lowest BCUT2D eigenvalue weighted by atomic mass is 9.91. The molecule has 3 saturated heterocycles.